The number of aryl methyl sites for hydroxylation is 2. The maximum Gasteiger partial charge on any atom is 0.314 e. The zero-order chi connectivity index (χ0) is 19.2. The highest BCUT2D eigenvalue weighted by molar-refractivity contribution is 7.88. The molecule has 0 N–H and O–H groups in total. The van der Waals surface area contributed by atoms with Crippen molar-refractivity contribution in [3.63, 3.8) is 0 Å². The van der Waals surface area contributed by atoms with Gasteiger partial charge in [0.15, 0.2) is 7.14 Å². The zero-order valence-corrected chi connectivity index (χ0v) is 16.1. The number of hydrogen-bond acceptors (Lipinski definition) is 5. The smallest absolute Gasteiger partial charge is 0.314 e. The number of rotatable bonds is 8. The van der Waals surface area contributed by atoms with Crippen LogP contribution >= 0.6 is 7.14 Å². The van der Waals surface area contributed by atoms with Crippen LogP contribution in [0.3, 0.4) is 0 Å². The van der Waals surface area contributed by atoms with E-state index in [1.54, 1.807) is 56.3 Å². The van der Waals surface area contributed by atoms with Gasteiger partial charge in [0.05, 0.1) is 6.61 Å². The van der Waals surface area contributed by atoms with Crippen LogP contribution in [-0.4, -0.2) is 38.0 Å². The van der Waals surface area contributed by atoms with Crippen LogP contribution in [0.15, 0.2) is 48.5 Å². The number of esters is 1. The Kier molecular flexibility index (Phi) is 6.90. The first-order chi connectivity index (χ1) is 12.4. The summed E-state index contributed by atoms with van der Waals surface area (Å²) in [6, 6.07) is 13.9. The Morgan fingerprint density at radius 1 is 0.923 bits per heavy atom. The lowest BCUT2D eigenvalue weighted by Crippen LogP contribution is -2.23. The maximum absolute atomic E-state index is 13.8. The van der Waals surface area contributed by atoms with Crippen molar-refractivity contribution in [1.29, 1.82) is 0 Å². The number of hydrogen-bond donors (Lipinski definition) is 0. The normalized spacial score (nSPS) is 13.0. The lowest BCUT2D eigenvalue weighted by Gasteiger charge is -2.19. The topological polar surface area (TPSA) is 69.7 Å². The Balaban J connectivity index is 2.43. The molecule has 0 aliphatic heterocycles. The monoisotopic (exact) mass is 374 g/mol. The average molecular weight is 374 g/mol. The summed E-state index contributed by atoms with van der Waals surface area (Å²) < 4.78 is 23.7. The van der Waals surface area contributed by atoms with Crippen LogP contribution in [0.25, 0.3) is 0 Å². The summed E-state index contributed by atoms with van der Waals surface area (Å²) in [5.41, 5.74) is 1.37. The van der Waals surface area contributed by atoms with Gasteiger partial charge in [0.2, 0.25) is 5.52 Å². The van der Waals surface area contributed by atoms with Crippen LogP contribution in [0.4, 0.5) is 0 Å². The number of methoxy groups -OCH3 is 1. The lowest BCUT2D eigenvalue weighted by molar-refractivity contribution is -0.141. The fraction of sp³-hybridized carbons (Fsp3) is 0.300. The first-order valence-corrected chi connectivity index (χ1v) is 10.2. The predicted octanol–water partition coefficient (Wildman–Crippen LogP) is 3.32. The molecule has 6 heteroatoms. The third-order valence-electron chi connectivity index (χ3n) is 4.10. The molecule has 2 rings (SSSR count). The standard InChI is InChI=1S/C20H23O5P/c1-15-8-7-9-16(2)19(15)20(22)26(23,17-10-5-4-6-11-17)14-18(21)25-13-12-24-3/h4-11H,12-14H2,1-3H3. The van der Waals surface area contributed by atoms with Gasteiger partial charge in [-0.3, -0.25) is 9.59 Å². The third-order valence-corrected chi connectivity index (χ3v) is 6.81. The first-order valence-electron chi connectivity index (χ1n) is 8.30. The molecule has 0 saturated heterocycles. The molecule has 1 unspecified atom stereocenters. The molecular weight excluding hydrogens is 351 g/mol. The molecule has 5 nitrogen and oxygen atoms in total. The van der Waals surface area contributed by atoms with Gasteiger partial charge in [0.25, 0.3) is 0 Å². The zero-order valence-electron chi connectivity index (χ0n) is 15.2. The van der Waals surface area contributed by atoms with E-state index in [1.165, 1.54) is 7.11 Å². The number of benzene rings is 2. The summed E-state index contributed by atoms with van der Waals surface area (Å²) in [6.07, 6.45) is -0.465. The summed E-state index contributed by atoms with van der Waals surface area (Å²) in [6.45, 7) is 3.90. The van der Waals surface area contributed by atoms with Crippen molar-refractivity contribution in [3.8, 4) is 0 Å². The maximum atomic E-state index is 13.8. The van der Waals surface area contributed by atoms with E-state index in [0.29, 0.717) is 10.9 Å². The van der Waals surface area contributed by atoms with Crippen LogP contribution < -0.4 is 5.30 Å². The molecule has 0 spiro atoms. The summed E-state index contributed by atoms with van der Waals surface area (Å²) in [4.78, 5) is 25.5. The second-order valence-corrected chi connectivity index (χ2v) is 8.74. The van der Waals surface area contributed by atoms with Crippen molar-refractivity contribution in [3.05, 3.63) is 65.2 Å². The van der Waals surface area contributed by atoms with Crippen molar-refractivity contribution in [2.45, 2.75) is 13.8 Å². The predicted molar refractivity (Wildman–Crippen MR) is 102 cm³/mol. The van der Waals surface area contributed by atoms with Gasteiger partial charge in [-0.25, -0.2) is 0 Å². The molecule has 1 atom stereocenters. The van der Waals surface area contributed by atoms with Gasteiger partial charge in [0, 0.05) is 18.0 Å². The molecular formula is C20H23O5P. The minimum absolute atomic E-state index is 0.0572. The van der Waals surface area contributed by atoms with E-state index in [9.17, 15) is 14.2 Å². The van der Waals surface area contributed by atoms with Crippen molar-refractivity contribution in [1.82, 2.24) is 0 Å². The number of carbonyl (C=O) groups excluding carboxylic acids is 2. The largest absolute Gasteiger partial charge is 0.463 e. The molecule has 0 aliphatic carbocycles. The molecule has 0 fully saturated rings. The first kappa shape index (κ1) is 20.1. The Labute approximate surface area is 153 Å². The molecule has 0 bridgehead atoms. The van der Waals surface area contributed by atoms with Gasteiger partial charge in [-0.05, 0) is 25.0 Å². The van der Waals surface area contributed by atoms with Crippen LogP contribution in [0, 0.1) is 13.8 Å². The van der Waals surface area contributed by atoms with E-state index >= 15 is 0 Å². The van der Waals surface area contributed by atoms with E-state index < -0.39 is 24.8 Å². The van der Waals surface area contributed by atoms with E-state index in [-0.39, 0.29) is 13.2 Å². The average Bonchev–Trinajstić information content (AvgIpc) is 2.62. The highest BCUT2D eigenvalue weighted by atomic mass is 31.2. The van der Waals surface area contributed by atoms with Crippen LogP contribution in [0.5, 0.6) is 0 Å². The van der Waals surface area contributed by atoms with Crippen molar-refractivity contribution in [2.75, 3.05) is 26.5 Å². The molecule has 2 aromatic rings. The van der Waals surface area contributed by atoms with E-state index in [0.717, 1.165) is 11.1 Å². The second-order valence-electron chi connectivity index (χ2n) is 6.02. The number of ether oxygens (including phenoxy) is 2. The Hall–Kier alpha value is -2.23. The molecule has 0 aliphatic rings. The fourth-order valence-electron chi connectivity index (χ4n) is 2.75. The minimum atomic E-state index is -3.70. The van der Waals surface area contributed by atoms with Gasteiger partial charge in [-0.15, -0.1) is 0 Å². The van der Waals surface area contributed by atoms with Crippen LogP contribution in [-0.2, 0) is 18.8 Å². The van der Waals surface area contributed by atoms with E-state index in [4.69, 9.17) is 9.47 Å². The van der Waals surface area contributed by atoms with Gasteiger partial charge >= 0.3 is 5.97 Å². The van der Waals surface area contributed by atoms with Gasteiger partial charge in [0.1, 0.15) is 12.8 Å². The van der Waals surface area contributed by atoms with E-state index in [2.05, 4.69) is 0 Å². The summed E-state index contributed by atoms with van der Waals surface area (Å²) in [7, 11) is -2.20. The molecule has 0 heterocycles. The molecule has 0 amide bonds. The van der Waals surface area contributed by atoms with Crippen LogP contribution in [0.1, 0.15) is 21.5 Å². The summed E-state index contributed by atoms with van der Waals surface area (Å²) >= 11 is 0. The SMILES string of the molecule is COCCOC(=O)CP(=O)(C(=O)c1c(C)cccc1C)c1ccccc1. The van der Waals surface area contributed by atoms with Crippen molar-refractivity contribution < 1.29 is 23.6 Å². The summed E-state index contributed by atoms with van der Waals surface area (Å²) in [5.74, 6) is -0.672. The second kappa shape index (κ2) is 8.93. The van der Waals surface area contributed by atoms with Gasteiger partial charge in [-0.2, -0.15) is 0 Å². The summed E-state index contributed by atoms with van der Waals surface area (Å²) in [5, 5.41) is 0.358. The molecule has 26 heavy (non-hydrogen) atoms. The third kappa shape index (κ3) is 4.48. The Morgan fingerprint density at radius 2 is 1.54 bits per heavy atom. The molecule has 138 valence electrons. The molecule has 2 aromatic carbocycles. The van der Waals surface area contributed by atoms with Crippen molar-refractivity contribution >= 4 is 23.9 Å². The fourth-order valence-corrected chi connectivity index (χ4v) is 5.13. The minimum Gasteiger partial charge on any atom is -0.463 e. The Bertz CT molecular complexity index is 809. The molecule has 0 saturated carbocycles. The van der Waals surface area contributed by atoms with Crippen molar-refractivity contribution in [2.24, 2.45) is 0 Å². The van der Waals surface area contributed by atoms with Crippen LogP contribution in [0.2, 0.25) is 0 Å². The Morgan fingerprint density at radius 3 is 2.12 bits per heavy atom. The lowest BCUT2D eigenvalue weighted by atomic mass is 10.0. The van der Waals surface area contributed by atoms with Gasteiger partial charge < -0.3 is 14.0 Å². The molecule has 0 aromatic heterocycles. The molecule has 0 radical (unpaired) electrons. The van der Waals surface area contributed by atoms with Gasteiger partial charge in [-0.1, -0.05) is 48.5 Å². The van der Waals surface area contributed by atoms with E-state index in [1.807, 2.05) is 6.07 Å². The quantitative estimate of drug-likeness (QED) is 0.403. The highest BCUT2D eigenvalue weighted by Crippen LogP contribution is 2.48. The highest BCUT2D eigenvalue weighted by Gasteiger charge is 2.38. The number of carbonyl (C=O) groups is 2.